The molecule has 0 aliphatic carbocycles. The van der Waals surface area contributed by atoms with E-state index in [1.807, 2.05) is 6.07 Å². The van der Waals surface area contributed by atoms with Crippen molar-refractivity contribution in [3.05, 3.63) is 48.2 Å². The minimum atomic E-state index is -0.118. The van der Waals surface area contributed by atoms with Crippen molar-refractivity contribution in [2.24, 2.45) is 0 Å². The Labute approximate surface area is 192 Å². The number of nitrogen functional groups attached to an aromatic ring is 1. The number of benzene rings is 1. The number of aromatic nitrogens is 4. The molecule has 1 aromatic carbocycles. The van der Waals surface area contributed by atoms with E-state index in [9.17, 15) is 4.79 Å². The lowest BCUT2D eigenvalue weighted by molar-refractivity contribution is 0.0827. The molecule has 4 rings (SSSR count). The summed E-state index contributed by atoms with van der Waals surface area (Å²) >= 11 is 0. The molecule has 0 spiro atoms. The molecule has 0 bridgehead atoms. The number of likely N-dealkylation sites (N-methyl/N-ethyl adjacent to an activating group) is 1. The van der Waals surface area contributed by atoms with Crippen LogP contribution in [0, 0.1) is 0 Å². The summed E-state index contributed by atoms with van der Waals surface area (Å²) < 4.78 is 12.2. The fourth-order valence-electron chi connectivity index (χ4n) is 3.55. The second kappa shape index (κ2) is 9.47. The molecule has 1 saturated heterocycles. The van der Waals surface area contributed by atoms with Gasteiger partial charge in [0.2, 0.25) is 0 Å². The second-order valence-electron chi connectivity index (χ2n) is 8.35. The van der Waals surface area contributed by atoms with Crippen LogP contribution in [0.25, 0.3) is 11.4 Å². The van der Waals surface area contributed by atoms with Gasteiger partial charge in [-0.05, 0) is 30.3 Å². The van der Waals surface area contributed by atoms with Crippen LogP contribution in [0.2, 0.25) is 0 Å². The number of rotatable bonds is 5. The lowest BCUT2D eigenvalue weighted by Crippen LogP contribution is -2.48. The summed E-state index contributed by atoms with van der Waals surface area (Å²) in [4.78, 5) is 32.0. The van der Waals surface area contributed by atoms with Crippen molar-refractivity contribution in [3.8, 4) is 23.1 Å². The van der Waals surface area contributed by atoms with Crippen LogP contribution < -0.4 is 15.0 Å². The molecule has 1 aliphatic heterocycles. The van der Waals surface area contributed by atoms with Gasteiger partial charge in [0.05, 0.1) is 26.8 Å². The quantitative estimate of drug-likeness (QED) is 0.589. The molecule has 1 amide bonds. The smallest absolute Gasteiger partial charge is 0.335 e. The third-order valence-corrected chi connectivity index (χ3v) is 5.50. The van der Waals surface area contributed by atoms with Crippen LogP contribution in [0.3, 0.4) is 0 Å². The third kappa shape index (κ3) is 5.24. The van der Waals surface area contributed by atoms with Crippen molar-refractivity contribution < 1.29 is 14.3 Å². The molecule has 10 heteroatoms. The number of nitrogens with zero attached hydrogens (tertiary/aromatic N) is 6. The number of quaternary nitrogens is 1. The number of ether oxygens (including phenoxy) is 2. The molecule has 3 aromatic rings. The standard InChI is InChI=1S/C23H28N7O3/c1-29(2)21(31)16-6-4-7-18(14-16)33-23-27-20(17-8-9-19(24)25-15-17)26-22(28-23)30(3)10-5-12-32-13-11-30/h4,6-9,14-15H,5,10-13H2,1-3H3,(H2,24,25)/q+1. The number of amides is 1. The van der Waals surface area contributed by atoms with Crippen LogP contribution in [0.1, 0.15) is 16.8 Å². The normalized spacial score (nSPS) is 18.4. The maximum Gasteiger partial charge on any atom is 0.335 e. The highest BCUT2D eigenvalue weighted by molar-refractivity contribution is 5.94. The Hall–Kier alpha value is -3.63. The van der Waals surface area contributed by atoms with Gasteiger partial charge in [0.25, 0.3) is 5.91 Å². The maximum absolute atomic E-state index is 12.3. The Balaban J connectivity index is 1.74. The van der Waals surface area contributed by atoms with Crippen molar-refractivity contribution in [2.45, 2.75) is 6.42 Å². The molecular weight excluding hydrogens is 422 g/mol. The summed E-state index contributed by atoms with van der Waals surface area (Å²) in [6, 6.07) is 10.6. The Morgan fingerprint density at radius 1 is 1.12 bits per heavy atom. The van der Waals surface area contributed by atoms with Crippen LogP contribution in [-0.4, -0.2) is 78.2 Å². The van der Waals surface area contributed by atoms with Crippen molar-refractivity contribution in [1.82, 2.24) is 29.3 Å². The van der Waals surface area contributed by atoms with E-state index >= 15 is 0 Å². The minimum Gasteiger partial charge on any atom is -0.424 e. The van der Waals surface area contributed by atoms with Gasteiger partial charge in [0, 0.05) is 37.8 Å². The minimum absolute atomic E-state index is 0.118. The van der Waals surface area contributed by atoms with Crippen LogP contribution in [0.4, 0.5) is 11.8 Å². The van der Waals surface area contributed by atoms with Gasteiger partial charge in [-0.2, -0.15) is 9.97 Å². The zero-order valence-electron chi connectivity index (χ0n) is 19.1. The molecule has 3 heterocycles. The molecule has 1 unspecified atom stereocenters. The summed E-state index contributed by atoms with van der Waals surface area (Å²) in [5.74, 6) is 1.78. The molecule has 1 aliphatic rings. The van der Waals surface area contributed by atoms with E-state index in [2.05, 4.69) is 22.0 Å². The second-order valence-corrected chi connectivity index (χ2v) is 8.35. The van der Waals surface area contributed by atoms with Crippen LogP contribution in [-0.2, 0) is 4.74 Å². The van der Waals surface area contributed by atoms with Gasteiger partial charge >= 0.3 is 12.0 Å². The lowest BCUT2D eigenvalue weighted by Gasteiger charge is -2.29. The van der Waals surface area contributed by atoms with Gasteiger partial charge in [-0.25, -0.2) is 4.98 Å². The molecule has 1 atom stereocenters. The highest BCUT2D eigenvalue weighted by atomic mass is 16.5. The van der Waals surface area contributed by atoms with E-state index in [0.717, 1.165) is 19.5 Å². The average Bonchev–Trinajstić information content (AvgIpc) is 3.04. The predicted octanol–water partition coefficient (Wildman–Crippen LogP) is 2.37. The van der Waals surface area contributed by atoms with Crippen molar-refractivity contribution in [3.63, 3.8) is 0 Å². The van der Waals surface area contributed by atoms with Crippen LogP contribution in [0.5, 0.6) is 11.8 Å². The first kappa shape index (κ1) is 22.6. The molecule has 0 saturated carbocycles. The monoisotopic (exact) mass is 450 g/mol. The Bertz CT molecular complexity index is 1130. The van der Waals surface area contributed by atoms with E-state index in [-0.39, 0.29) is 11.9 Å². The SMILES string of the molecule is CN(C)C(=O)c1cccc(Oc2nc(-c3ccc(N)nc3)nc([N+]3(C)CCCOCC3)n2)c1. The Kier molecular flexibility index (Phi) is 6.47. The summed E-state index contributed by atoms with van der Waals surface area (Å²) in [7, 11) is 5.49. The first-order valence-corrected chi connectivity index (χ1v) is 10.7. The molecule has 2 aromatic heterocycles. The van der Waals surface area contributed by atoms with Gasteiger partial charge in [0.15, 0.2) is 5.82 Å². The van der Waals surface area contributed by atoms with Crippen LogP contribution in [0.15, 0.2) is 42.6 Å². The van der Waals surface area contributed by atoms with Gasteiger partial charge in [0.1, 0.15) is 18.1 Å². The first-order chi connectivity index (χ1) is 15.8. The number of hydrogen-bond acceptors (Lipinski definition) is 8. The summed E-state index contributed by atoms with van der Waals surface area (Å²) in [6.07, 6.45) is 2.52. The maximum atomic E-state index is 12.3. The van der Waals surface area contributed by atoms with E-state index < -0.39 is 0 Å². The Morgan fingerprint density at radius 3 is 2.73 bits per heavy atom. The lowest BCUT2D eigenvalue weighted by atomic mass is 10.2. The number of anilines is 1. The fraction of sp³-hybridized carbons (Fsp3) is 0.348. The molecule has 0 radical (unpaired) electrons. The summed E-state index contributed by atoms with van der Waals surface area (Å²) in [5.41, 5.74) is 6.96. The average molecular weight is 451 g/mol. The van der Waals surface area contributed by atoms with E-state index in [1.165, 1.54) is 4.90 Å². The Morgan fingerprint density at radius 2 is 1.97 bits per heavy atom. The summed E-state index contributed by atoms with van der Waals surface area (Å²) in [6.45, 7) is 2.89. The number of carbonyl (C=O) groups is 1. The van der Waals surface area contributed by atoms with Crippen molar-refractivity contribution in [2.75, 3.05) is 53.2 Å². The third-order valence-electron chi connectivity index (χ3n) is 5.50. The molecule has 2 N–H and O–H groups in total. The number of carbonyl (C=O) groups excluding carboxylic acids is 1. The fourth-order valence-corrected chi connectivity index (χ4v) is 3.55. The molecule has 10 nitrogen and oxygen atoms in total. The van der Waals surface area contributed by atoms with Crippen molar-refractivity contribution >= 4 is 17.7 Å². The molecule has 1 fully saturated rings. The summed E-state index contributed by atoms with van der Waals surface area (Å²) in [5, 5.41) is 0. The van der Waals surface area contributed by atoms with Crippen LogP contribution >= 0.6 is 0 Å². The molecular formula is C23H28N7O3+. The highest BCUT2D eigenvalue weighted by Crippen LogP contribution is 2.27. The van der Waals surface area contributed by atoms with E-state index in [4.69, 9.17) is 20.2 Å². The van der Waals surface area contributed by atoms with Crippen molar-refractivity contribution in [1.29, 1.82) is 0 Å². The van der Waals surface area contributed by atoms with Gasteiger partial charge in [-0.15, -0.1) is 4.98 Å². The van der Waals surface area contributed by atoms with Gasteiger partial charge in [-0.3, -0.25) is 9.28 Å². The topological polar surface area (TPSA) is 116 Å². The van der Waals surface area contributed by atoms with Gasteiger partial charge in [-0.1, -0.05) is 6.07 Å². The zero-order valence-corrected chi connectivity index (χ0v) is 19.1. The van der Waals surface area contributed by atoms with Gasteiger partial charge < -0.3 is 20.1 Å². The largest absolute Gasteiger partial charge is 0.424 e. The van der Waals surface area contributed by atoms with E-state index in [1.54, 1.807) is 50.6 Å². The highest BCUT2D eigenvalue weighted by Gasteiger charge is 2.32. The first-order valence-electron chi connectivity index (χ1n) is 10.7. The number of nitrogens with two attached hydrogens (primary N) is 1. The number of pyridine rings is 1. The predicted molar refractivity (Wildman–Crippen MR) is 125 cm³/mol. The molecule has 33 heavy (non-hydrogen) atoms. The zero-order chi connectivity index (χ0) is 23.4. The van der Waals surface area contributed by atoms with E-state index in [0.29, 0.717) is 52.2 Å². The molecule has 172 valence electrons. The number of hydrogen-bond donors (Lipinski definition) is 1.